The summed E-state index contributed by atoms with van der Waals surface area (Å²) in [5.41, 5.74) is 0. The smallest absolute Gasteiger partial charge is 0.316 e. The van der Waals surface area contributed by atoms with Gasteiger partial charge in [-0.25, -0.2) is 15.0 Å². The van der Waals surface area contributed by atoms with Crippen LogP contribution in [0.1, 0.15) is 13.3 Å². The van der Waals surface area contributed by atoms with Gasteiger partial charge in [0.15, 0.2) is 5.82 Å². The Bertz CT molecular complexity index is 1180. The molecule has 34 heavy (non-hydrogen) atoms. The van der Waals surface area contributed by atoms with Crippen LogP contribution < -0.4 is 28.4 Å². The zero-order valence-corrected chi connectivity index (χ0v) is 20.8. The molecule has 0 atom stereocenters. The molecule has 0 aliphatic rings. The first-order chi connectivity index (χ1) is 16.4. The summed E-state index contributed by atoms with van der Waals surface area (Å²) in [5.74, 6) is 0.782. The van der Waals surface area contributed by atoms with Gasteiger partial charge in [0.25, 0.3) is 16.1 Å². The third-order valence-electron chi connectivity index (χ3n) is 3.96. The van der Waals surface area contributed by atoms with Gasteiger partial charge in [-0.05, 0) is 34.5 Å². The molecule has 0 unspecified atom stereocenters. The lowest BCUT2D eigenvalue weighted by Gasteiger charge is -2.16. The van der Waals surface area contributed by atoms with E-state index in [1.165, 1.54) is 7.11 Å². The van der Waals surface area contributed by atoms with Crippen LogP contribution in [0.5, 0.6) is 29.1 Å². The van der Waals surface area contributed by atoms with Crippen molar-refractivity contribution in [2.45, 2.75) is 13.3 Å². The second kappa shape index (κ2) is 12.3. The zero-order chi connectivity index (χ0) is 24.4. The molecule has 0 fully saturated rings. The SMILES string of the molecule is CCCNS(=O)(=O)Nc1ncnc(OCCOc2ncc(Br)cn2)c1Oc1cccc(OC)c1. The van der Waals surface area contributed by atoms with Gasteiger partial charge in [0.2, 0.25) is 5.75 Å². The quantitative estimate of drug-likeness (QED) is 0.302. The van der Waals surface area contributed by atoms with Crippen molar-refractivity contribution >= 4 is 32.0 Å². The molecule has 0 aliphatic heterocycles. The predicted octanol–water partition coefficient (Wildman–Crippen LogP) is 2.94. The molecule has 0 saturated carbocycles. The monoisotopic (exact) mass is 554 g/mol. The van der Waals surface area contributed by atoms with Crippen LogP contribution in [0, 0.1) is 0 Å². The van der Waals surface area contributed by atoms with E-state index in [9.17, 15) is 8.42 Å². The first-order valence-electron chi connectivity index (χ1n) is 10.1. The molecule has 2 N–H and O–H groups in total. The van der Waals surface area contributed by atoms with Crippen LogP contribution in [0.25, 0.3) is 0 Å². The van der Waals surface area contributed by atoms with Crippen LogP contribution in [0.15, 0.2) is 47.5 Å². The van der Waals surface area contributed by atoms with E-state index < -0.39 is 10.2 Å². The third-order valence-corrected chi connectivity index (χ3v) is 5.41. The molecule has 2 heterocycles. The Balaban J connectivity index is 1.79. The molecule has 0 saturated heterocycles. The molecule has 0 bridgehead atoms. The van der Waals surface area contributed by atoms with Gasteiger partial charge >= 0.3 is 6.01 Å². The summed E-state index contributed by atoms with van der Waals surface area (Å²) in [4.78, 5) is 16.1. The van der Waals surface area contributed by atoms with Gasteiger partial charge in [-0.1, -0.05) is 13.0 Å². The van der Waals surface area contributed by atoms with Crippen LogP contribution in [0.3, 0.4) is 0 Å². The topological polar surface area (TPSA) is 147 Å². The number of methoxy groups -OCH3 is 1. The molecule has 14 heteroatoms. The molecule has 3 aromatic rings. The minimum atomic E-state index is -3.90. The molecule has 0 amide bonds. The van der Waals surface area contributed by atoms with Crippen molar-refractivity contribution in [1.29, 1.82) is 0 Å². The number of nitrogens with one attached hydrogen (secondary N) is 2. The van der Waals surface area contributed by atoms with Crippen molar-refractivity contribution in [2.24, 2.45) is 0 Å². The molecule has 0 radical (unpaired) electrons. The van der Waals surface area contributed by atoms with E-state index in [2.05, 4.69) is 45.3 Å². The minimum absolute atomic E-state index is 0.00587. The summed E-state index contributed by atoms with van der Waals surface area (Å²) in [6, 6.07) is 6.93. The highest BCUT2D eigenvalue weighted by Gasteiger charge is 2.20. The number of rotatable bonds is 13. The van der Waals surface area contributed by atoms with E-state index >= 15 is 0 Å². The van der Waals surface area contributed by atoms with Crippen LogP contribution >= 0.6 is 15.9 Å². The van der Waals surface area contributed by atoms with Gasteiger partial charge in [-0.15, -0.1) is 0 Å². The van der Waals surface area contributed by atoms with Crippen molar-refractivity contribution in [3.8, 4) is 29.1 Å². The fraction of sp³-hybridized carbons (Fsp3) is 0.300. The lowest BCUT2D eigenvalue weighted by molar-refractivity contribution is 0.197. The lowest BCUT2D eigenvalue weighted by atomic mass is 10.3. The predicted molar refractivity (Wildman–Crippen MR) is 127 cm³/mol. The number of nitrogens with zero attached hydrogens (tertiary/aromatic N) is 4. The Morgan fingerprint density at radius 2 is 1.76 bits per heavy atom. The minimum Gasteiger partial charge on any atom is -0.497 e. The molecule has 2 aromatic heterocycles. The molecule has 3 rings (SSSR count). The largest absolute Gasteiger partial charge is 0.497 e. The van der Waals surface area contributed by atoms with E-state index in [1.54, 1.807) is 36.7 Å². The zero-order valence-electron chi connectivity index (χ0n) is 18.4. The van der Waals surface area contributed by atoms with Gasteiger partial charge in [-0.2, -0.15) is 18.1 Å². The molecular weight excluding hydrogens is 532 g/mol. The van der Waals surface area contributed by atoms with Gasteiger partial charge < -0.3 is 18.9 Å². The summed E-state index contributed by atoms with van der Waals surface area (Å²) in [6.07, 6.45) is 4.88. The number of hydrogen-bond donors (Lipinski definition) is 2. The van der Waals surface area contributed by atoms with Crippen molar-refractivity contribution in [3.63, 3.8) is 0 Å². The lowest BCUT2D eigenvalue weighted by Crippen LogP contribution is -2.31. The molecule has 0 spiro atoms. The van der Waals surface area contributed by atoms with Crippen molar-refractivity contribution in [2.75, 3.05) is 31.6 Å². The summed E-state index contributed by atoms with van der Waals surface area (Å²) < 4.78 is 52.5. The second-order valence-electron chi connectivity index (χ2n) is 6.52. The number of anilines is 1. The van der Waals surface area contributed by atoms with E-state index in [0.717, 1.165) is 10.8 Å². The van der Waals surface area contributed by atoms with Gasteiger partial charge in [-0.3, -0.25) is 4.72 Å². The van der Waals surface area contributed by atoms with Crippen LogP contribution in [0.4, 0.5) is 5.82 Å². The normalized spacial score (nSPS) is 11.0. The van der Waals surface area contributed by atoms with Gasteiger partial charge in [0, 0.05) is 25.0 Å². The average Bonchev–Trinajstić information content (AvgIpc) is 2.83. The maximum absolute atomic E-state index is 12.4. The van der Waals surface area contributed by atoms with Gasteiger partial charge in [0.1, 0.15) is 31.0 Å². The Labute approximate surface area is 205 Å². The number of benzene rings is 1. The molecule has 182 valence electrons. The standard InChI is InChI=1S/C20H23BrN6O6S/c1-3-7-26-34(28,29)27-18-17(33-16-6-4-5-15(10-16)30-2)19(25-13-24-18)31-8-9-32-20-22-11-14(21)12-23-20/h4-6,10-13,26H,3,7-9H2,1-2H3,(H,24,25,27). The van der Waals surface area contributed by atoms with Crippen molar-refractivity contribution in [1.82, 2.24) is 24.7 Å². The van der Waals surface area contributed by atoms with Crippen LogP contribution in [-0.4, -0.2) is 55.2 Å². The summed E-state index contributed by atoms with van der Waals surface area (Å²) >= 11 is 3.25. The number of hydrogen-bond acceptors (Lipinski definition) is 10. The summed E-state index contributed by atoms with van der Waals surface area (Å²) in [6.45, 7) is 2.25. The highest BCUT2D eigenvalue weighted by molar-refractivity contribution is 9.10. The Morgan fingerprint density at radius 1 is 1.03 bits per heavy atom. The third kappa shape index (κ3) is 7.67. The van der Waals surface area contributed by atoms with E-state index in [4.69, 9.17) is 18.9 Å². The van der Waals surface area contributed by atoms with Crippen LogP contribution in [-0.2, 0) is 10.2 Å². The molecule has 1 aromatic carbocycles. The first kappa shape index (κ1) is 25.4. The average molecular weight is 555 g/mol. The van der Waals surface area contributed by atoms with E-state index in [1.807, 2.05) is 6.92 Å². The Morgan fingerprint density at radius 3 is 2.50 bits per heavy atom. The molecule has 12 nitrogen and oxygen atoms in total. The maximum Gasteiger partial charge on any atom is 0.316 e. The second-order valence-corrected chi connectivity index (χ2v) is 8.93. The fourth-order valence-corrected chi connectivity index (χ4v) is 3.60. The van der Waals surface area contributed by atoms with E-state index in [0.29, 0.717) is 17.9 Å². The highest BCUT2D eigenvalue weighted by atomic mass is 79.9. The number of ether oxygens (including phenoxy) is 4. The Hall–Kier alpha value is -3.23. The molecule has 0 aliphatic carbocycles. The van der Waals surface area contributed by atoms with Crippen molar-refractivity contribution < 1.29 is 27.4 Å². The summed E-state index contributed by atoms with van der Waals surface area (Å²) in [5, 5.41) is 0. The van der Waals surface area contributed by atoms with Crippen molar-refractivity contribution in [3.05, 3.63) is 47.5 Å². The number of halogens is 1. The number of aromatic nitrogens is 4. The summed E-state index contributed by atoms with van der Waals surface area (Å²) in [7, 11) is -2.38. The Kier molecular flexibility index (Phi) is 9.18. The highest BCUT2D eigenvalue weighted by Crippen LogP contribution is 2.36. The maximum atomic E-state index is 12.4. The van der Waals surface area contributed by atoms with E-state index in [-0.39, 0.29) is 43.2 Å². The fourth-order valence-electron chi connectivity index (χ4n) is 2.45. The first-order valence-corrected chi connectivity index (χ1v) is 12.3. The molecular formula is C20H23BrN6O6S. The van der Waals surface area contributed by atoms with Crippen LogP contribution in [0.2, 0.25) is 0 Å². The van der Waals surface area contributed by atoms with Gasteiger partial charge in [0.05, 0.1) is 11.6 Å².